The van der Waals surface area contributed by atoms with Crippen LogP contribution >= 0.6 is 0 Å². The normalized spacial score (nSPS) is 14.1. The Morgan fingerprint density at radius 2 is 0.758 bits per heavy atom. The second-order valence-corrected chi connectivity index (χ2v) is 18.2. The van der Waals surface area contributed by atoms with Crippen LogP contribution < -0.4 is 4.90 Å². The van der Waals surface area contributed by atoms with Gasteiger partial charge in [-0.1, -0.05) is 161 Å². The quantitative estimate of drug-likeness (QED) is 0.167. The molecule has 2 aliphatic carbocycles. The summed E-state index contributed by atoms with van der Waals surface area (Å²) in [5.74, 6) is 0. The summed E-state index contributed by atoms with van der Waals surface area (Å²) in [4.78, 5) is 2.40. The average Bonchev–Trinajstić information content (AvgIpc) is 3.88. The molecule has 0 spiro atoms. The molecule has 0 unspecified atom stereocenters. The van der Waals surface area contributed by atoms with Crippen LogP contribution in [0.25, 0.3) is 77.6 Å². The van der Waals surface area contributed by atoms with Crippen LogP contribution in [0.4, 0.5) is 17.1 Å². The molecule has 0 saturated carbocycles. The highest BCUT2D eigenvalue weighted by atomic mass is 16.3. The number of nitrogens with zero attached hydrogens (tertiary/aromatic N) is 1. The Labute approximate surface area is 363 Å². The number of fused-ring (bicyclic) bond motifs is 9. The van der Waals surface area contributed by atoms with E-state index in [-0.39, 0.29) is 10.8 Å². The van der Waals surface area contributed by atoms with Crippen LogP contribution in [0.15, 0.2) is 205 Å². The molecule has 62 heavy (non-hydrogen) atoms. The molecule has 2 nitrogen and oxygen atoms in total. The van der Waals surface area contributed by atoms with Crippen LogP contribution in [0, 0.1) is 0 Å². The summed E-state index contributed by atoms with van der Waals surface area (Å²) in [5, 5.41) is 2.28. The Morgan fingerprint density at radius 3 is 1.35 bits per heavy atom. The van der Waals surface area contributed by atoms with E-state index in [2.05, 4.69) is 221 Å². The minimum Gasteiger partial charge on any atom is -0.456 e. The van der Waals surface area contributed by atoms with Crippen LogP contribution in [-0.2, 0) is 10.8 Å². The topological polar surface area (TPSA) is 16.4 Å². The van der Waals surface area contributed by atoms with Crippen LogP contribution in [0.2, 0.25) is 0 Å². The standard InChI is InChI=1S/C60H45NO/c1-59(2)53-20-8-5-17-47(53)51-35-41(26-31-55(51)59)39-13-11-15-45(33-39)61(44-28-23-38(24-29-44)43-25-30-50-49-19-7-10-22-57(49)62-58(50)37-43)46-16-12-14-40(34-46)42-27-32-56-52(36-42)48-18-6-9-21-54(48)60(56,3)4/h5-37H,1-4H3. The van der Waals surface area contributed by atoms with E-state index in [4.69, 9.17) is 4.42 Å². The first kappa shape index (κ1) is 36.4. The van der Waals surface area contributed by atoms with E-state index in [1.165, 1.54) is 66.8 Å². The smallest absolute Gasteiger partial charge is 0.136 e. The molecule has 1 heterocycles. The van der Waals surface area contributed by atoms with Crippen LogP contribution in [0.1, 0.15) is 49.9 Å². The fourth-order valence-corrected chi connectivity index (χ4v) is 10.6. The summed E-state index contributed by atoms with van der Waals surface area (Å²) in [5.41, 5.74) is 23.0. The van der Waals surface area contributed by atoms with E-state index >= 15 is 0 Å². The summed E-state index contributed by atoms with van der Waals surface area (Å²) < 4.78 is 6.28. The molecule has 0 saturated heterocycles. The third kappa shape index (κ3) is 5.56. The number of hydrogen-bond acceptors (Lipinski definition) is 2. The first-order valence-electron chi connectivity index (χ1n) is 21.7. The number of anilines is 3. The van der Waals surface area contributed by atoms with E-state index in [0.717, 1.165) is 50.1 Å². The van der Waals surface area contributed by atoms with Crippen molar-refractivity contribution in [1.82, 2.24) is 0 Å². The molecule has 0 amide bonds. The number of hydrogen-bond donors (Lipinski definition) is 0. The lowest BCUT2D eigenvalue weighted by molar-refractivity contribution is 0.660. The van der Waals surface area contributed by atoms with E-state index < -0.39 is 0 Å². The van der Waals surface area contributed by atoms with Gasteiger partial charge in [0.2, 0.25) is 0 Å². The highest BCUT2D eigenvalue weighted by Crippen LogP contribution is 2.51. The molecule has 12 rings (SSSR count). The van der Waals surface area contributed by atoms with Crippen LogP contribution in [-0.4, -0.2) is 0 Å². The Bertz CT molecular complexity index is 3270. The fourth-order valence-electron chi connectivity index (χ4n) is 10.6. The van der Waals surface area contributed by atoms with Crippen molar-refractivity contribution in [3.63, 3.8) is 0 Å². The maximum absolute atomic E-state index is 6.28. The highest BCUT2D eigenvalue weighted by molar-refractivity contribution is 6.06. The third-order valence-electron chi connectivity index (χ3n) is 13.9. The molecule has 0 fully saturated rings. The second-order valence-electron chi connectivity index (χ2n) is 18.2. The maximum Gasteiger partial charge on any atom is 0.136 e. The zero-order valence-electron chi connectivity index (χ0n) is 35.4. The van der Waals surface area contributed by atoms with Crippen LogP contribution in [0.3, 0.4) is 0 Å². The van der Waals surface area contributed by atoms with Gasteiger partial charge < -0.3 is 9.32 Å². The van der Waals surface area contributed by atoms with E-state index in [0.29, 0.717) is 0 Å². The zero-order valence-corrected chi connectivity index (χ0v) is 35.4. The second kappa shape index (κ2) is 13.5. The first-order valence-corrected chi connectivity index (χ1v) is 21.7. The summed E-state index contributed by atoms with van der Waals surface area (Å²) in [7, 11) is 0. The number of furan rings is 1. The van der Waals surface area contributed by atoms with Crippen molar-refractivity contribution in [1.29, 1.82) is 0 Å². The molecule has 9 aromatic carbocycles. The molecule has 0 atom stereocenters. The molecule has 0 aliphatic heterocycles. The lowest BCUT2D eigenvalue weighted by atomic mass is 9.82. The van der Waals surface area contributed by atoms with Gasteiger partial charge in [-0.15, -0.1) is 0 Å². The minimum atomic E-state index is -0.0312. The molecule has 296 valence electrons. The van der Waals surface area contributed by atoms with Gasteiger partial charge in [0, 0.05) is 38.7 Å². The summed E-state index contributed by atoms with van der Waals surface area (Å²) in [6, 6.07) is 73.7. The van der Waals surface area contributed by atoms with Gasteiger partial charge >= 0.3 is 0 Å². The van der Waals surface area contributed by atoms with Crippen molar-refractivity contribution in [2.45, 2.75) is 38.5 Å². The van der Waals surface area contributed by atoms with Gasteiger partial charge in [0.1, 0.15) is 11.2 Å². The van der Waals surface area contributed by atoms with E-state index in [1.54, 1.807) is 0 Å². The van der Waals surface area contributed by atoms with E-state index in [9.17, 15) is 0 Å². The van der Waals surface area contributed by atoms with Gasteiger partial charge in [-0.05, 0) is 145 Å². The van der Waals surface area contributed by atoms with Gasteiger partial charge in [-0.25, -0.2) is 0 Å². The van der Waals surface area contributed by atoms with Crippen LogP contribution in [0.5, 0.6) is 0 Å². The first-order chi connectivity index (χ1) is 30.2. The molecule has 1 aromatic heterocycles. The van der Waals surface area contributed by atoms with Crippen molar-refractivity contribution in [2.75, 3.05) is 4.90 Å². The summed E-state index contributed by atoms with van der Waals surface area (Å²) in [6.07, 6.45) is 0. The Morgan fingerprint density at radius 1 is 0.306 bits per heavy atom. The van der Waals surface area contributed by atoms with Crippen molar-refractivity contribution in [2.24, 2.45) is 0 Å². The Kier molecular flexibility index (Phi) is 7.96. The van der Waals surface area contributed by atoms with Gasteiger partial charge in [-0.2, -0.15) is 0 Å². The Balaban J connectivity index is 0.965. The Hall–Kier alpha value is -7.42. The van der Waals surface area contributed by atoms with Crippen molar-refractivity contribution >= 4 is 39.0 Å². The van der Waals surface area contributed by atoms with Crippen molar-refractivity contribution in [3.05, 3.63) is 222 Å². The van der Waals surface area contributed by atoms with Crippen molar-refractivity contribution < 1.29 is 4.42 Å². The predicted octanol–water partition coefficient (Wildman–Crippen LogP) is 16.7. The largest absolute Gasteiger partial charge is 0.456 e. The van der Waals surface area contributed by atoms with Gasteiger partial charge in [0.25, 0.3) is 0 Å². The molecule has 0 bridgehead atoms. The minimum absolute atomic E-state index is 0.0312. The molecular formula is C60H45NO. The number of para-hydroxylation sites is 1. The number of rotatable bonds is 6. The van der Waals surface area contributed by atoms with Crippen molar-refractivity contribution in [3.8, 4) is 55.6 Å². The highest BCUT2D eigenvalue weighted by Gasteiger charge is 2.36. The van der Waals surface area contributed by atoms with Gasteiger partial charge in [0.05, 0.1) is 0 Å². The molecule has 10 aromatic rings. The SMILES string of the molecule is CC1(C)c2ccccc2-c2cc(-c3cccc(N(c4ccc(-c5ccc6c(c5)oc5ccccc56)cc4)c4cccc(-c5ccc6c(c5)-c5ccccc5C6(C)C)c4)c3)ccc21. The maximum atomic E-state index is 6.28. The predicted molar refractivity (Wildman–Crippen MR) is 260 cm³/mol. The molecular weight excluding hydrogens is 751 g/mol. The summed E-state index contributed by atoms with van der Waals surface area (Å²) in [6.45, 7) is 9.37. The lowest BCUT2D eigenvalue weighted by Crippen LogP contribution is -2.14. The third-order valence-corrected chi connectivity index (χ3v) is 13.9. The zero-order chi connectivity index (χ0) is 41.7. The van der Waals surface area contributed by atoms with E-state index in [1.807, 2.05) is 12.1 Å². The monoisotopic (exact) mass is 795 g/mol. The molecule has 0 N–H and O–H groups in total. The number of benzene rings is 9. The fraction of sp³-hybridized carbons (Fsp3) is 0.100. The summed E-state index contributed by atoms with van der Waals surface area (Å²) >= 11 is 0. The van der Waals surface area contributed by atoms with Gasteiger partial charge in [-0.3, -0.25) is 0 Å². The lowest BCUT2D eigenvalue weighted by Gasteiger charge is -2.27. The van der Waals surface area contributed by atoms with Gasteiger partial charge in [0.15, 0.2) is 0 Å². The molecule has 2 aliphatic rings. The molecule has 2 heteroatoms. The molecule has 0 radical (unpaired) electrons. The average molecular weight is 796 g/mol.